The summed E-state index contributed by atoms with van der Waals surface area (Å²) in [5.74, 6) is -3.20. The number of carbonyl (C=O) groups excluding carboxylic acids is 5. The van der Waals surface area contributed by atoms with Gasteiger partial charge in [-0.3, -0.25) is 33.5 Å². The number of aromatic nitrogens is 4. The number of hydrogen-bond acceptors (Lipinski definition) is 20. The van der Waals surface area contributed by atoms with Gasteiger partial charge in [0.1, 0.15) is 12.2 Å². The fraction of sp³-hybridized carbons (Fsp3) is 0.605. The van der Waals surface area contributed by atoms with Crippen molar-refractivity contribution in [3.8, 4) is 10.4 Å². The molecule has 0 unspecified atom stereocenters. The second-order valence-corrected chi connectivity index (χ2v) is 40.6. The van der Waals surface area contributed by atoms with E-state index in [0.29, 0.717) is 61.8 Å². The minimum Gasteiger partial charge on any atom is -0.481 e. The maximum Gasteiger partial charge on any atom is 0.310 e. The Morgan fingerprint density at radius 3 is 1.44 bits per heavy atom. The van der Waals surface area contributed by atoms with Crippen LogP contribution in [0.3, 0.4) is 0 Å². The molecule has 4 N–H and O–H groups in total. The van der Waals surface area contributed by atoms with E-state index in [1.807, 2.05) is 60.7 Å². The molecule has 556 valence electrons. The van der Waals surface area contributed by atoms with Crippen LogP contribution in [0, 0.1) is 34.5 Å². The zero-order chi connectivity index (χ0) is 73.7. The van der Waals surface area contributed by atoms with Crippen molar-refractivity contribution in [3.63, 3.8) is 0 Å². The first kappa shape index (κ1) is 76.3. The lowest BCUT2D eigenvalue weighted by Crippen LogP contribution is -2.47. The van der Waals surface area contributed by atoms with Crippen LogP contribution in [0.2, 0.25) is 0 Å². The molecule has 21 nitrogen and oxygen atoms in total. The molecule has 4 saturated carbocycles. The summed E-state index contributed by atoms with van der Waals surface area (Å²) in [5, 5.41) is 22.0. The lowest BCUT2D eigenvalue weighted by molar-refractivity contribution is -0.147. The van der Waals surface area contributed by atoms with E-state index in [-0.39, 0.29) is 90.2 Å². The topological polar surface area (TPSA) is 305 Å². The Morgan fingerprint density at radius 1 is 0.612 bits per heavy atom. The van der Waals surface area contributed by atoms with Gasteiger partial charge in [0.05, 0.1) is 87.3 Å². The van der Waals surface area contributed by atoms with E-state index < -0.39 is 76.5 Å². The summed E-state index contributed by atoms with van der Waals surface area (Å²) in [7, 11) is -7.11. The summed E-state index contributed by atoms with van der Waals surface area (Å²) in [6.45, 7) is 16.6. The highest BCUT2D eigenvalue weighted by Gasteiger charge is 2.64. The number of carboxylic acids is 1. The summed E-state index contributed by atoms with van der Waals surface area (Å²) < 4.78 is 62.9. The quantitative estimate of drug-likeness (QED) is 0.0905. The summed E-state index contributed by atoms with van der Waals surface area (Å²) in [6, 6.07) is 14.1. The third kappa shape index (κ3) is 17.5. The molecular weight excluding hydrogens is 1430 g/mol. The number of ketones is 2. The lowest BCUT2D eigenvalue weighted by Gasteiger charge is -2.29. The predicted molar refractivity (Wildman–Crippen MR) is 402 cm³/mol. The number of aliphatic carboxylic acids is 1. The molecule has 27 heteroatoms. The first-order valence-corrected chi connectivity index (χ1v) is 42.9. The molecule has 8 aliphatic rings. The van der Waals surface area contributed by atoms with Gasteiger partial charge in [0.2, 0.25) is 37.8 Å². The number of hydrogen-bond donors (Lipinski definition) is 3. The molecule has 0 spiro atoms. The fourth-order valence-electron chi connectivity index (χ4n) is 14.5. The van der Waals surface area contributed by atoms with Gasteiger partial charge in [-0.05, 0) is 127 Å². The number of carboxylic acid groups (broad SMARTS) is 1. The van der Waals surface area contributed by atoms with Crippen molar-refractivity contribution in [1.82, 2.24) is 34.5 Å². The second kappa shape index (κ2) is 30.1. The third-order valence-corrected chi connectivity index (χ3v) is 29.8. The molecule has 8 heterocycles. The molecular formula is C76H98N8O13S6. The summed E-state index contributed by atoms with van der Waals surface area (Å²) in [6.07, 6.45) is 20.7. The van der Waals surface area contributed by atoms with Gasteiger partial charge in [-0.25, -0.2) is 41.9 Å². The highest BCUT2D eigenvalue weighted by atomic mass is 32.2. The average molecular weight is 1520 g/mol. The molecule has 10 atom stereocenters. The maximum absolute atomic E-state index is 14.7. The van der Waals surface area contributed by atoms with Crippen LogP contribution in [0.1, 0.15) is 205 Å². The first-order valence-electron chi connectivity index (χ1n) is 36.4. The number of rotatable bonds is 13. The summed E-state index contributed by atoms with van der Waals surface area (Å²) >= 11 is 6.05. The normalized spacial score (nSPS) is 28.7. The number of thiazole rings is 4. The highest BCUT2D eigenvalue weighted by Crippen LogP contribution is 2.59. The minimum atomic E-state index is -3.89. The molecule has 6 aromatic rings. The van der Waals surface area contributed by atoms with Crippen LogP contribution in [-0.2, 0) is 72.5 Å². The summed E-state index contributed by atoms with van der Waals surface area (Å²) in [4.78, 5) is 106. The number of fused-ring (bicyclic) bond motifs is 6. The predicted octanol–water partition coefficient (Wildman–Crippen LogP) is 13.4. The first-order chi connectivity index (χ1) is 48.7. The molecule has 103 heavy (non-hydrogen) atoms. The number of nitrogens with one attached hydrogen (secondary N) is 1. The monoisotopic (exact) mass is 1520 g/mol. The number of Topliss-reactive ketones (excluding diaryl/α,β-unsaturated/α-hetero) is 2. The van der Waals surface area contributed by atoms with E-state index in [0.717, 1.165) is 112 Å². The number of carbonyl (C=O) groups is 6. The van der Waals surface area contributed by atoms with Crippen molar-refractivity contribution in [1.29, 1.82) is 0 Å². The van der Waals surface area contributed by atoms with E-state index in [1.54, 1.807) is 46.3 Å². The molecule has 2 saturated heterocycles. The lowest BCUT2D eigenvalue weighted by atomic mass is 9.90. The Morgan fingerprint density at radius 2 is 1.04 bits per heavy atom. The molecule has 4 aliphatic heterocycles. The number of amides is 3. The van der Waals surface area contributed by atoms with Crippen LogP contribution >= 0.6 is 45.3 Å². The van der Waals surface area contributed by atoms with Crippen LogP contribution in [0.4, 0.5) is 0 Å². The molecule has 14 rings (SSSR count). The second-order valence-electron chi connectivity index (χ2n) is 32.5. The van der Waals surface area contributed by atoms with E-state index in [1.165, 1.54) is 22.7 Å². The van der Waals surface area contributed by atoms with E-state index in [4.69, 9.17) is 24.6 Å². The molecule has 2 aromatic carbocycles. The van der Waals surface area contributed by atoms with E-state index in [9.17, 15) is 50.7 Å². The van der Waals surface area contributed by atoms with Crippen molar-refractivity contribution in [2.24, 2.45) is 39.6 Å². The molecule has 6 fully saturated rings. The van der Waals surface area contributed by atoms with Crippen molar-refractivity contribution >= 4 is 121 Å². The Bertz CT molecular complexity index is 4390. The van der Waals surface area contributed by atoms with Crippen molar-refractivity contribution in [2.75, 3.05) is 13.1 Å². The van der Waals surface area contributed by atoms with Crippen LogP contribution in [0.15, 0.2) is 83.6 Å². The number of benzene rings is 2. The van der Waals surface area contributed by atoms with Crippen LogP contribution < -0.4 is 19.3 Å². The Balaban J connectivity index is 0.000000176. The van der Waals surface area contributed by atoms with Gasteiger partial charge in [0.15, 0.2) is 11.6 Å². The number of para-hydroxylation sites is 2. The van der Waals surface area contributed by atoms with Crippen LogP contribution in [0.5, 0.6) is 10.4 Å². The van der Waals surface area contributed by atoms with E-state index in [2.05, 4.69) is 79.1 Å². The maximum atomic E-state index is 14.7. The number of ether oxygens (including phenoxy) is 2. The molecule has 3 amide bonds. The number of primary sulfonamides is 1. The van der Waals surface area contributed by atoms with Gasteiger partial charge in [-0.2, -0.15) is 0 Å². The molecule has 4 aromatic heterocycles. The van der Waals surface area contributed by atoms with Gasteiger partial charge in [-0.15, -0.1) is 22.7 Å². The number of nitrogens with two attached hydrogens (primary N) is 1. The van der Waals surface area contributed by atoms with Gasteiger partial charge >= 0.3 is 5.97 Å². The zero-order valence-electron chi connectivity index (χ0n) is 60.2. The van der Waals surface area contributed by atoms with Crippen LogP contribution in [-0.4, -0.2) is 134 Å². The van der Waals surface area contributed by atoms with Gasteiger partial charge in [-0.1, -0.05) is 138 Å². The van der Waals surface area contributed by atoms with Crippen LogP contribution in [0.25, 0.3) is 20.4 Å². The molecule has 4 aliphatic carbocycles. The zero-order valence-corrected chi connectivity index (χ0v) is 65.1. The van der Waals surface area contributed by atoms with Crippen molar-refractivity contribution in [2.45, 2.75) is 241 Å². The highest BCUT2D eigenvalue weighted by molar-refractivity contribution is 7.91. The minimum absolute atomic E-state index is 0.0593. The Kier molecular flexibility index (Phi) is 22.3. The summed E-state index contributed by atoms with van der Waals surface area (Å²) in [5.41, 5.74) is 1.25. The van der Waals surface area contributed by atoms with Crippen molar-refractivity contribution < 1.29 is 60.2 Å². The van der Waals surface area contributed by atoms with Crippen molar-refractivity contribution in [3.05, 3.63) is 105 Å². The smallest absolute Gasteiger partial charge is 0.310 e. The number of nitrogens with zero attached hydrogens (tertiary/aromatic N) is 6. The average Bonchev–Trinajstić information content (AvgIpc) is 1.57. The number of sulfonamides is 2. The Labute approximate surface area is 620 Å². The van der Waals surface area contributed by atoms with Gasteiger partial charge in [0.25, 0.3) is 10.4 Å². The van der Waals surface area contributed by atoms with Gasteiger partial charge < -0.3 is 24.4 Å². The number of allylic oxidation sites excluding steroid dienone is 4. The SMILES string of the molecule is CC(C)(C)c1csc(C[C@H]2CCCCC/C=C\[C@@H]3C[C@@]3(C(=O)NS(=O)(=O)C3(C)CC3)CC(=O)[C@@H]3C[C@@H](Oc4nc5ccccc5s4)CN3C2=O)n1.CC(C)(C)c1csc(C[C@H]2CCCCC/C=C\[C@@H]3C[C@@]3(C(=O)O)CC(=O)[C@@H]3C[C@@H](Oc4nc5ccccc5s4)CN3C2=O)n1.CC1(S(N)(=O)=O)CC1. The Hall–Kier alpha value is -6.36. The third-order valence-electron chi connectivity index (χ3n) is 22.3. The molecule has 0 bridgehead atoms. The van der Waals surface area contributed by atoms with E-state index >= 15 is 0 Å². The van der Waals surface area contributed by atoms with Gasteiger partial charge in [0, 0.05) is 72.0 Å². The fourth-order valence-corrected chi connectivity index (χ4v) is 20.5. The standard InChI is InChI=1S/C38H48N4O6S3.C34H41N3O5S2.C4H9NO2S/c1-36(2,3)31-23-49-32(40-31)18-24-12-8-6-5-7-9-13-25-20-38(25,34(45)41-51(46,47)37(4)16-17-37)21-29(43)28-19-26(22-42(28)33(24)44)48-35-39-27-14-10-11-15-30(27)50-35;1-33(2,3)28-20-43-29(36-28)15-21-11-7-5-4-6-8-12-22-17-34(22,31(40)41)18-26(38)25-16-23(19-37(25)30(21)39)42-32-35-24-13-9-10-14-27(24)44-32;1-4(2-3-4)8(5,6)7/h9-11,13-15,23-26,28H,5-8,12,16-22H2,1-4H3,(H,41,45);8-10,12-14,20-23,25H,4-7,11,15-19H2,1-3H3,(H,40,41);2-3H2,1H3,(H2,5,6,7)/b13-9-;12-8-;/t24-,25-,26-,28+,38-;21-,22-,23-,25+,34-;/m11./s1. The molecule has 0 radical (unpaired) electrons. The largest absolute Gasteiger partial charge is 0.481 e.